The topological polar surface area (TPSA) is 73.5 Å². The molecule has 1 aliphatic rings. The Morgan fingerprint density at radius 1 is 1.38 bits per heavy atom. The molecule has 6 nitrogen and oxygen atoms in total. The molecule has 126 valence electrons. The van der Waals surface area contributed by atoms with Gasteiger partial charge in [-0.05, 0) is 29.6 Å². The van der Waals surface area contributed by atoms with Gasteiger partial charge in [0.2, 0.25) is 5.91 Å². The van der Waals surface area contributed by atoms with Crippen molar-refractivity contribution in [1.29, 1.82) is 0 Å². The molecular formula is C16H17ClN4O2S. The van der Waals surface area contributed by atoms with Gasteiger partial charge in [0.05, 0.1) is 23.8 Å². The molecule has 24 heavy (non-hydrogen) atoms. The number of urea groups is 1. The monoisotopic (exact) mass is 364 g/mol. The summed E-state index contributed by atoms with van der Waals surface area (Å²) < 4.78 is 0. The van der Waals surface area contributed by atoms with E-state index in [4.69, 9.17) is 11.6 Å². The SMILES string of the molecule is O=C1CN(c2ccc(NC(=O)NCc3cccs3)cc2Cl)CCN1. The van der Waals surface area contributed by atoms with E-state index in [0.29, 0.717) is 30.3 Å². The maximum Gasteiger partial charge on any atom is 0.319 e. The van der Waals surface area contributed by atoms with Crippen LogP contribution in [0.3, 0.4) is 0 Å². The molecule has 1 aliphatic heterocycles. The van der Waals surface area contributed by atoms with Gasteiger partial charge in [0.25, 0.3) is 0 Å². The number of carbonyl (C=O) groups excluding carboxylic acids is 2. The normalized spacial score (nSPS) is 14.2. The van der Waals surface area contributed by atoms with E-state index < -0.39 is 0 Å². The zero-order chi connectivity index (χ0) is 16.9. The number of amides is 3. The smallest absolute Gasteiger partial charge is 0.319 e. The molecule has 0 aliphatic carbocycles. The van der Waals surface area contributed by atoms with Crippen molar-refractivity contribution in [2.75, 3.05) is 29.9 Å². The van der Waals surface area contributed by atoms with Gasteiger partial charge < -0.3 is 20.9 Å². The average molecular weight is 365 g/mol. The van der Waals surface area contributed by atoms with Crippen LogP contribution in [0.5, 0.6) is 0 Å². The van der Waals surface area contributed by atoms with Gasteiger partial charge in [-0.25, -0.2) is 4.79 Å². The fourth-order valence-electron chi connectivity index (χ4n) is 2.44. The second kappa shape index (κ2) is 7.55. The Bertz CT molecular complexity index is 736. The Hall–Kier alpha value is -2.25. The molecule has 0 radical (unpaired) electrons. The summed E-state index contributed by atoms with van der Waals surface area (Å²) in [6, 6.07) is 8.90. The predicted octanol–water partition coefficient (Wildman–Crippen LogP) is 2.66. The van der Waals surface area contributed by atoms with Gasteiger partial charge in [0, 0.05) is 23.7 Å². The highest BCUT2D eigenvalue weighted by Gasteiger charge is 2.18. The molecule has 8 heteroatoms. The van der Waals surface area contributed by atoms with Crippen LogP contribution in [0.25, 0.3) is 0 Å². The number of nitrogens with zero attached hydrogens (tertiary/aromatic N) is 1. The molecule has 0 unspecified atom stereocenters. The van der Waals surface area contributed by atoms with Gasteiger partial charge in [-0.15, -0.1) is 11.3 Å². The quantitative estimate of drug-likeness (QED) is 0.780. The van der Waals surface area contributed by atoms with Crippen molar-refractivity contribution in [2.24, 2.45) is 0 Å². The third kappa shape index (κ3) is 4.18. The van der Waals surface area contributed by atoms with Crippen molar-refractivity contribution in [3.8, 4) is 0 Å². The number of hydrogen-bond donors (Lipinski definition) is 3. The van der Waals surface area contributed by atoms with Crippen LogP contribution >= 0.6 is 22.9 Å². The first kappa shape index (κ1) is 16.6. The Labute approximate surface area is 148 Å². The summed E-state index contributed by atoms with van der Waals surface area (Å²) >= 11 is 7.90. The third-order valence-corrected chi connectivity index (χ3v) is 4.77. The predicted molar refractivity (Wildman–Crippen MR) is 96.9 cm³/mol. The van der Waals surface area contributed by atoms with Gasteiger partial charge in [-0.1, -0.05) is 17.7 Å². The molecule has 0 bridgehead atoms. The molecule has 1 aromatic carbocycles. The van der Waals surface area contributed by atoms with E-state index in [1.165, 1.54) is 0 Å². The zero-order valence-corrected chi connectivity index (χ0v) is 14.4. The number of halogens is 1. The van der Waals surface area contributed by atoms with Crippen molar-refractivity contribution in [3.05, 3.63) is 45.6 Å². The fraction of sp³-hybridized carbons (Fsp3) is 0.250. The van der Waals surface area contributed by atoms with Crippen LogP contribution in [0.1, 0.15) is 4.88 Å². The molecule has 0 saturated carbocycles. The summed E-state index contributed by atoms with van der Waals surface area (Å²) in [5.74, 6) is -0.0209. The summed E-state index contributed by atoms with van der Waals surface area (Å²) in [4.78, 5) is 26.4. The van der Waals surface area contributed by atoms with E-state index in [-0.39, 0.29) is 18.5 Å². The molecule has 3 amide bonds. The summed E-state index contributed by atoms with van der Waals surface area (Å²) in [6.07, 6.45) is 0. The van der Waals surface area contributed by atoms with Gasteiger partial charge >= 0.3 is 6.03 Å². The van der Waals surface area contributed by atoms with Crippen LogP contribution < -0.4 is 20.9 Å². The molecule has 0 atom stereocenters. The first-order valence-electron chi connectivity index (χ1n) is 7.50. The van der Waals surface area contributed by atoms with E-state index in [9.17, 15) is 9.59 Å². The van der Waals surface area contributed by atoms with Crippen molar-refractivity contribution in [3.63, 3.8) is 0 Å². The highest BCUT2D eigenvalue weighted by Crippen LogP contribution is 2.29. The van der Waals surface area contributed by atoms with E-state index in [2.05, 4.69) is 16.0 Å². The standard InChI is InChI=1S/C16H17ClN4O2S/c17-13-8-11(20-16(23)19-9-12-2-1-7-24-12)3-4-14(13)21-6-5-18-15(22)10-21/h1-4,7-8H,5-6,9-10H2,(H,18,22)(H2,19,20,23). The van der Waals surface area contributed by atoms with E-state index in [1.807, 2.05) is 28.5 Å². The molecule has 1 aromatic heterocycles. The lowest BCUT2D eigenvalue weighted by molar-refractivity contribution is -0.120. The summed E-state index contributed by atoms with van der Waals surface area (Å²) in [5.41, 5.74) is 1.39. The Morgan fingerprint density at radius 3 is 2.96 bits per heavy atom. The van der Waals surface area contributed by atoms with Crippen LogP contribution in [0.15, 0.2) is 35.7 Å². The molecule has 1 saturated heterocycles. The first-order valence-corrected chi connectivity index (χ1v) is 8.76. The zero-order valence-electron chi connectivity index (χ0n) is 12.8. The summed E-state index contributed by atoms with van der Waals surface area (Å²) in [5, 5.41) is 10.8. The second-order valence-electron chi connectivity index (χ2n) is 5.32. The maximum atomic E-state index is 11.9. The third-order valence-electron chi connectivity index (χ3n) is 3.59. The molecular weight excluding hydrogens is 348 g/mol. The molecule has 0 spiro atoms. The minimum Gasteiger partial charge on any atom is -0.359 e. The average Bonchev–Trinajstić information content (AvgIpc) is 3.06. The van der Waals surface area contributed by atoms with E-state index >= 15 is 0 Å². The second-order valence-corrected chi connectivity index (χ2v) is 6.76. The van der Waals surface area contributed by atoms with Gasteiger partial charge in [0.15, 0.2) is 0 Å². The highest BCUT2D eigenvalue weighted by atomic mass is 35.5. The Kier molecular flexibility index (Phi) is 5.22. The lowest BCUT2D eigenvalue weighted by Crippen LogP contribution is -2.47. The van der Waals surface area contributed by atoms with Crippen LogP contribution in [-0.2, 0) is 11.3 Å². The Balaban J connectivity index is 1.59. The molecule has 3 N–H and O–H groups in total. The van der Waals surface area contributed by atoms with Crippen LogP contribution in [0, 0.1) is 0 Å². The summed E-state index contributed by atoms with van der Waals surface area (Å²) in [6.45, 7) is 2.08. The molecule has 2 heterocycles. The van der Waals surface area contributed by atoms with Crippen LogP contribution in [0.4, 0.5) is 16.2 Å². The van der Waals surface area contributed by atoms with Crippen molar-refractivity contribution < 1.29 is 9.59 Å². The highest BCUT2D eigenvalue weighted by molar-refractivity contribution is 7.09. The number of benzene rings is 1. The number of anilines is 2. The van der Waals surface area contributed by atoms with Crippen LogP contribution in [-0.4, -0.2) is 31.6 Å². The first-order chi connectivity index (χ1) is 11.6. The lowest BCUT2D eigenvalue weighted by Gasteiger charge is -2.29. The van der Waals surface area contributed by atoms with Gasteiger partial charge in [-0.2, -0.15) is 0 Å². The molecule has 1 fully saturated rings. The van der Waals surface area contributed by atoms with Crippen molar-refractivity contribution in [1.82, 2.24) is 10.6 Å². The maximum absolute atomic E-state index is 11.9. The molecule has 3 rings (SSSR count). The largest absolute Gasteiger partial charge is 0.359 e. The number of rotatable bonds is 4. The van der Waals surface area contributed by atoms with Crippen molar-refractivity contribution >= 4 is 46.3 Å². The Morgan fingerprint density at radius 2 is 2.25 bits per heavy atom. The minimum absolute atomic E-state index is 0.0209. The van der Waals surface area contributed by atoms with E-state index in [1.54, 1.807) is 23.5 Å². The molecule has 2 aromatic rings. The lowest BCUT2D eigenvalue weighted by atomic mass is 10.2. The number of hydrogen-bond acceptors (Lipinski definition) is 4. The van der Waals surface area contributed by atoms with E-state index in [0.717, 1.165) is 10.6 Å². The van der Waals surface area contributed by atoms with Gasteiger partial charge in [-0.3, -0.25) is 4.79 Å². The van der Waals surface area contributed by atoms with Crippen molar-refractivity contribution in [2.45, 2.75) is 6.54 Å². The van der Waals surface area contributed by atoms with Crippen LogP contribution in [0.2, 0.25) is 5.02 Å². The number of nitrogens with one attached hydrogen (secondary N) is 3. The van der Waals surface area contributed by atoms with Gasteiger partial charge in [0.1, 0.15) is 0 Å². The fourth-order valence-corrected chi connectivity index (χ4v) is 3.39. The number of thiophene rings is 1. The number of carbonyl (C=O) groups is 2. The summed E-state index contributed by atoms with van der Waals surface area (Å²) in [7, 11) is 0. The number of piperazine rings is 1. The minimum atomic E-state index is -0.287.